The highest BCUT2D eigenvalue weighted by atomic mass is 35.5. The van der Waals surface area contributed by atoms with Gasteiger partial charge in [0.15, 0.2) is 0 Å². The first-order chi connectivity index (χ1) is 12.6. The maximum Gasteiger partial charge on any atom is 0.252 e. The van der Waals surface area contributed by atoms with Crippen LogP contribution < -0.4 is 10.6 Å². The largest absolute Gasteiger partial charge is 0.355 e. The molecule has 136 valence electrons. The van der Waals surface area contributed by atoms with Crippen LogP contribution in [0, 0.1) is 0 Å². The van der Waals surface area contributed by atoms with Gasteiger partial charge < -0.3 is 10.6 Å². The molecule has 0 radical (unpaired) electrons. The number of carbonyl (C=O) groups excluding carboxylic acids is 2. The number of carbonyl (C=O) groups is 2. The van der Waals surface area contributed by atoms with Crippen LogP contribution in [0.5, 0.6) is 0 Å². The predicted octanol–water partition coefficient (Wildman–Crippen LogP) is 3.09. The highest BCUT2D eigenvalue weighted by molar-refractivity contribution is 6.34. The van der Waals surface area contributed by atoms with Crippen molar-refractivity contribution < 1.29 is 9.59 Å². The third-order valence-corrected chi connectivity index (χ3v) is 4.92. The van der Waals surface area contributed by atoms with Gasteiger partial charge in [0.05, 0.1) is 10.6 Å². The summed E-state index contributed by atoms with van der Waals surface area (Å²) < 4.78 is 0. The lowest BCUT2D eigenvalue weighted by Crippen LogP contribution is -2.33. The zero-order valence-corrected chi connectivity index (χ0v) is 15.5. The molecule has 0 saturated carbocycles. The molecular weight excluding hydrogens is 350 g/mol. The second kappa shape index (κ2) is 8.34. The molecule has 0 spiro atoms. The summed E-state index contributed by atoms with van der Waals surface area (Å²) >= 11 is 6.03. The quantitative estimate of drug-likeness (QED) is 0.849. The van der Waals surface area contributed by atoms with Gasteiger partial charge in [0.2, 0.25) is 5.91 Å². The number of nitrogens with zero attached hydrogens (tertiary/aromatic N) is 1. The van der Waals surface area contributed by atoms with E-state index < -0.39 is 0 Å². The maximum absolute atomic E-state index is 12.3. The van der Waals surface area contributed by atoms with Gasteiger partial charge in [-0.25, -0.2) is 0 Å². The summed E-state index contributed by atoms with van der Waals surface area (Å²) in [7, 11) is 1.54. The van der Waals surface area contributed by atoms with Crippen molar-refractivity contribution in [3.05, 3.63) is 64.2 Å². The van der Waals surface area contributed by atoms with Crippen LogP contribution in [0.4, 0.5) is 5.69 Å². The molecule has 1 heterocycles. The minimum atomic E-state index is -0.280. The first kappa shape index (κ1) is 18.4. The molecule has 0 unspecified atom stereocenters. The van der Waals surface area contributed by atoms with E-state index in [2.05, 4.69) is 39.8 Å². The van der Waals surface area contributed by atoms with Gasteiger partial charge in [-0.3, -0.25) is 14.5 Å². The van der Waals surface area contributed by atoms with E-state index in [0.717, 1.165) is 19.5 Å². The Morgan fingerprint density at radius 3 is 2.69 bits per heavy atom. The van der Waals surface area contributed by atoms with Crippen LogP contribution in [0.25, 0.3) is 0 Å². The molecule has 0 saturated heterocycles. The van der Waals surface area contributed by atoms with E-state index in [1.807, 2.05) is 0 Å². The number of hydrogen-bond acceptors (Lipinski definition) is 3. The summed E-state index contributed by atoms with van der Waals surface area (Å²) in [4.78, 5) is 26.3. The molecule has 2 aromatic rings. The summed E-state index contributed by atoms with van der Waals surface area (Å²) in [6.07, 6.45) is 1.42. The van der Waals surface area contributed by atoms with Gasteiger partial charge >= 0.3 is 0 Å². The van der Waals surface area contributed by atoms with E-state index in [0.29, 0.717) is 29.2 Å². The Morgan fingerprint density at radius 1 is 1.15 bits per heavy atom. The molecule has 0 bridgehead atoms. The molecule has 6 heteroatoms. The Morgan fingerprint density at radius 2 is 1.92 bits per heavy atom. The molecule has 5 nitrogen and oxygen atoms in total. The zero-order valence-electron chi connectivity index (χ0n) is 14.7. The molecule has 0 fully saturated rings. The summed E-state index contributed by atoms with van der Waals surface area (Å²) in [5.41, 5.74) is 3.66. The number of hydrogen-bond donors (Lipinski definition) is 2. The molecule has 26 heavy (non-hydrogen) atoms. The van der Waals surface area contributed by atoms with Gasteiger partial charge in [-0.2, -0.15) is 0 Å². The van der Waals surface area contributed by atoms with Crippen molar-refractivity contribution in [2.75, 3.05) is 25.5 Å². The van der Waals surface area contributed by atoms with Crippen molar-refractivity contribution >= 4 is 29.1 Å². The number of anilines is 1. The van der Waals surface area contributed by atoms with E-state index in [-0.39, 0.29) is 11.8 Å². The lowest BCUT2D eigenvalue weighted by atomic mass is 10.00. The fourth-order valence-electron chi connectivity index (χ4n) is 3.14. The van der Waals surface area contributed by atoms with Gasteiger partial charge in [0.1, 0.15) is 0 Å². The van der Waals surface area contributed by atoms with Gasteiger partial charge in [-0.1, -0.05) is 35.9 Å². The lowest BCUT2D eigenvalue weighted by Gasteiger charge is -2.28. The molecule has 0 aromatic heterocycles. The average molecular weight is 372 g/mol. The first-order valence-corrected chi connectivity index (χ1v) is 9.05. The number of rotatable bonds is 5. The van der Waals surface area contributed by atoms with E-state index in [1.54, 1.807) is 25.2 Å². The number of benzene rings is 2. The second-order valence-electron chi connectivity index (χ2n) is 6.37. The van der Waals surface area contributed by atoms with E-state index in [9.17, 15) is 9.59 Å². The number of halogens is 1. The molecule has 2 N–H and O–H groups in total. The lowest BCUT2D eigenvalue weighted by molar-refractivity contribution is -0.116. The van der Waals surface area contributed by atoms with Crippen molar-refractivity contribution in [3.63, 3.8) is 0 Å². The van der Waals surface area contributed by atoms with Crippen molar-refractivity contribution in [2.24, 2.45) is 0 Å². The van der Waals surface area contributed by atoms with Crippen LogP contribution in [-0.4, -0.2) is 36.9 Å². The van der Waals surface area contributed by atoms with Gasteiger partial charge in [0.25, 0.3) is 5.91 Å². The standard InChI is InChI=1S/C20H22ClN3O2/c1-22-20(26)17-12-16(6-7-18(17)21)23-19(25)9-11-24-10-8-14-4-2-3-5-15(14)13-24/h2-7,12H,8-11,13H2,1H3,(H,22,26)(H,23,25). The van der Waals surface area contributed by atoms with Crippen LogP contribution in [0.2, 0.25) is 5.02 Å². The van der Waals surface area contributed by atoms with Crippen LogP contribution >= 0.6 is 11.6 Å². The van der Waals surface area contributed by atoms with Gasteiger partial charge in [0, 0.05) is 38.8 Å². The monoisotopic (exact) mass is 371 g/mol. The summed E-state index contributed by atoms with van der Waals surface area (Å²) in [6, 6.07) is 13.4. The Balaban J connectivity index is 1.54. The average Bonchev–Trinajstić information content (AvgIpc) is 2.67. The van der Waals surface area contributed by atoms with Crippen LogP contribution in [0.1, 0.15) is 27.9 Å². The highest BCUT2D eigenvalue weighted by Crippen LogP contribution is 2.21. The van der Waals surface area contributed by atoms with Crippen LogP contribution in [0.15, 0.2) is 42.5 Å². The molecule has 2 aromatic carbocycles. The van der Waals surface area contributed by atoms with Crippen LogP contribution in [-0.2, 0) is 17.8 Å². The number of amides is 2. The third kappa shape index (κ3) is 4.42. The zero-order chi connectivity index (χ0) is 18.5. The molecule has 3 rings (SSSR count). The van der Waals surface area contributed by atoms with Crippen molar-refractivity contribution in [2.45, 2.75) is 19.4 Å². The third-order valence-electron chi connectivity index (χ3n) is 4.59. The van der Waals surface area contributed by atoms with Crippen molar-refractivity contribution in [1.29, 1.82) is 0 Å². The fraction of sp³-hybridized carbons (Fsp3) is 0.300. The molecule has 2 amide bonds. The Hall–Kier alpha value is -2.37. The van der Waals surface area contributed by atoms with Gasteiger partial charge in [-0.15, -0.1) is 0 Å². The molecule has 0 atom stereocenters. The Bertz CT molecular complexity index is 822. The molecule has 0 aliphatic carbocycles. The van der Waals surface area contributed by atoms with Crippen molar-refractivity contribution in [1.82, 2.24) is 10.2 Å². The molecule has 1 aliphatic rings. The highest BCUT2D eigenvalue weighted by Gasteiger charge is 2.17. The molecule has 1 aliphatic heterocycles. The van der Waals surface area contributed by atoms with Gasteiger partial charge in [-0.05, 0) is 35.7 Å². The summed E-state index contributed by atoms with van der Waals surface area (Å²) in [5.74, 6) is -0.355. The molecular formula is C20H22ClN3O2. The number of nitrogens with one attached hydrogen (secondary N) is 2. The summed E-state index contributed by atoms with van der Waals surface area (Å²) in [5, 5.41) is 5.74. The normalized spacial score (nSPS) is 13.8. The van der Waals surface area contributed by atoms with Crippen LogP contribution in [0.3, 0.4) is 0 Å². The Kier molecular flexibility index (Phi) is 5.91. The fourth-order valence-corrected chi connectivity index (χ4v) is 3.34. The van der Waals surface area contributed by atoms with Crippen molar-refractivity contribution in [3.8, 4) is 0 Å². The number of fused-ring (bicyclic) bond motifs is 1. The smallest absolute Gasteiger partial charge is 0.252 e. The minimum Gasteiger partial charge on any atom is -0.355 e. The maximum atomic E-state index is 12.3. The van der Waals surface area contributed by atoms with E-state index in [4.69, 9.17) is 11.6 Å². The topological polar surface area (TPSA) is 61.4 Å². The predicted molar refractivity (Wildman–Crippen MR) is 104 cm³/mol. The first-order valence-electron chi connectivity index (χ1n) is 8.67. The SMILES string of the molecule is CNC(=O)c1cc(NC(=O)CCN2CCc3ccccc3C2)ccc1Cl. The van der Waals surface area contributed by atoms with E-state index in [1.165, 1.54) is 11.1 Å². The summed E-state index contributed by atoms with van der Waals surface area (Å²) in [6.45, 7) is 2.55. The Labute approximate surface area is 158 Å². The second-order valence-corrected chi connectivity index (χ2v) is 6.77. The minimum absolute atomic E-state index is 0.0750. The van der Waals surface area contributed by atoms with E-state index >= 15 is 0 Å².